The number of rotatable bonds is 0. The molecular formula is H18Mo2O9. The van der Waals surface area contributed by atoms with E-state index in [-0.39, 0.29) is 91.4 Å². The van der Waals surface area contributed by atoms with Gasteiger partial charge in [0.15, 0.2) is 0 Å². The van der Waals surface area contributed by atoms with E-state index in [0.29, 0.717) is 0 Å². The van der Waals surface area contributed by atoms with Crippen LogP contribution in [0.4, 0.5) is 0 Å². The van der Waals surface area contributed by atoms with Crippen LogP contribution < -0.4 is 0 Å². The second-order valence-corrected chi connectivity index (χ2v) is 0. The summed E-state index contributed by atoms with van der Waals surface area (Å²) in [4.78, 5) is 0. The zero-order chi connectivity index (χ0) is 0. The van der Waals surface area contributed by atoms with E-state index in [1.165, 1.54) is 0 Å². The van der Waals surface area contributed by atoms with Gasteiger partial charge in [0, 0.05) is 42.1 Å². The number of hydrogen-bond acceptors (Lipinski definition) is 0. The molecule has 0 aliphatic rings. The zero-order valence-corrected chi connectivity index (χ0v) is 9.33. The van der Waals surface area contributed by atoms with E-state index in [4.69, 9.17) is 0 Å². The summed E-state index contributed by atoms with van der Waals surface area (Å²) in [6, 6.07) is 0. The summed E-state index contributed by atoms with van der Waals surface area (Å²) >= 11 is 0. The Labute approximate surface area is 91.5 Å². The molecule has 0 radical (unpaired) electrons. The van der Waals surface area contributed by atoms with Gasteiger partial charge in [-0.05, 0) is 0 Å². The minimum atomic E-state index is 0. The largest absolute Gasteiger partial charge is 0.412 e. The summed E-state index contributed by atoms with van der Waals surface area (Å²) in [6.45, 7) is 0. The minimum Gasteiger partial charge on any atom is -0.412 e. The Morgan fingerprint density at radius 2 is 0.182 bits per heavy atom. The van der Waals surface area contributed by atoms with Crippen LogP contribution in [-0.4, -0.2) is 49.3 Å². The Hall–Kier alpha value is 1.02. The Balaban J connectivity index is 0. The van der Waals surface area contributed by atoms with Gasteiger partial charge < -0.3 is 49.3 Å². The van der Waals surface area contributed by atoms with Gasteiger partial charge in [-0.3, -0.25) is 0 Å². The van der Waals surface area contributed by atoms with Crippen molar-refractivity contribution in [2.75, 3.05) is 0 Å². The average Bonchev–Trinajstić information content (AvgIpc) is 0. The van der Waals surface area contributed by atoms with Crippen molar-refractivity contribution in [2.45, 2.75) is 0 Å². The maximum Gasteiger partial charge on any atom is 0 e. The molecule has 0 aliphatic carbocycles. The van der Waals surface area contributed by atoms with Crippen LogP contribution in [-0.2, 0) is 42.1 Å². The first kappa shape index (κ1) is 1410. The maximum absolute atomic E-state index is 0. The van der Waals surface area contributed by atoms with Gasteiger partial charge >= 0.3 is 0 Å². The van der Waals surface area contributed by atoms with Crippen molar-refractivity contribution in [3.05, 3.63) is 0 Å². The van der Waals surface area contributed by atoms with E-state index in [0.717, 1.165) is 0 Å². The van der Waals surface area contributed by atoms with Crippen LogP contribution in [0.15, 0.2) is 0 Å². The molecule has 11 heavy (non-hydrogen) atoms. The third-order valence-electron chi connectivity index (χ3n) is 0. The van der Waals surface area contributed by atoms with Crippen LogP contribution in [0.2, 0.25) is 0 Å². The average molecular weight is 354 g/mol. The molecule has 0 unspecified atom stereocenters. The van der Waals surface area contributed by atoms with Crippen molar-refractivity contribution in [3.63, 3.8) is 0 Å². The third-order valence-corrected chi connectivity index (χ3v) is 0. The molecule has 0 aromatic rings. The molecule has 84 valence electrons. The molecule has 0 bridgehead atoms. The second-order valence-electron chi connectivity index (χ2n) is 0. The molecule has 0 fully saturated rings. The van der Waals surface area contributed by atoms with Crippen molar-refractivity contribution < 1.29 is 91.4 Å². The Morgan fingerprint density at radius 3 is 0.182 bits per heavy atom. The fourth-order valence-electron chi connectivity index (χ4n) is 0. The first-order chi connectivity index (χ1) is 0. The van der Waals surface area contributed by atoms with Gasteiger partial charge in [-0.2, -0.15) is 0 Å². The van der Waals surface area contributed by atoms with Gasteiger partial charge in [-0.15, -0.1) is 0 Å². The van der Waals surface area contributed by atoms with Gasteiger partial charge in [-0.25, -0.2) is 0 Å². The third kappa shape index (κ3) is 867. The molecule has 0 aromatic carbocycles. The van der Waals surface area contributed by atoms with E-state index in [2.05, 4.69) is 0 Å². The second kappa shape index (κ2) is 1070. The Morgan fingerprint density at radius 1 is 0.182 bits per heavy atom. The van der Waals surface area contributed by atoms with Crippen LogP contribution in [0.1, 0.15) is 0 Å². The topological polar surface area (TPSA) is 284 Å². The van der Waals surface area contributed by atoms with Crippen LogP contribution in [0.25, 0.3) is 0 Å². The maximum atomic E-state index is 0. The number of hydrogen-bond donors (Lipinski definition) is 0. The van der Waals surface area contributed by atoms with Gasteiger partial charge in [0.2, 0.25) is 0 Å². The smallest absolute Gasteiger partial charge is 0 e. The van der Waals surface area contributed by atoms with Crippen LogP contribution in [0.3, 0.4) is 0 Å². The van der Waals surface area contributed by atoms with E-state index >= 15 is 0 Å². The summed E-state index contributed by atoms with van der Waals surface area (Å²) in [5.41, 5.74) is 0. The molecule has 0 aromatic heterocycles. The van der Waals surface area contributed by atoms with Gasteiger partial charge in [0.05, 0.1) is 0 Å². The quantitative estimate of drug-likeness (QED) is 0.366. The molecule has 11 heteroatoms. The monoisotopic (exact) mass is 358 g/mol. The van der Waals surface area contributed by atoms with Crippen LogP contribution in [0, 0.1) is 0 Å². The molecule has 0 amide bonds. The molecule has 0 saturated heterocycles. The summed E-state index contributed by atoms with van der Waals surface area (Å²) in [5, 5.41) is 0. The predicted octanol–water partition coefficient (Wildman–Crippen LogP) is -7.43. The van der Waals surface area contributed by atoms with Gasteiger partial charge in [-0.1, -0.05) is 0 Å². The molecule has 0 aliphatic heterocycles. The summed E-state index contributed by atoms with van der Waals surface area (Å²) in [7, 11) is 0. The fraction of sp³-hybridized carbons (Fsp3) is 0. The summed E-state index contributed by atoms with van der Waals surface area (Å²) in [6.07, 6.45) is 0. The molecule has 0 saturated carbocycles. The van der Waals surface area contributed by atoms with Crippen molar-refractivity contribution in [1.82, 2.24) is 0 Å². The fourth-order valence-corrected chi connectivity index (χ4v) is 0. The zero-order valence-electron chi connectivity index (χ0n) is 5.32. The van der Waals surface area contributed by atoms with Crippen LogP contribution in [0.5, 0.6) is 0 Å². The summed E-state index contributed by atoms with van der Waals surface area (Å²) < 4.78 is 0. The predicted molar refractivity (Wildman–Crippen MR) is 32.5 cm³/mol. The standard InChI is InChI=1S/2Mo.9H2O/h;;9*1H2. The normalized spacial score (nSPS) is 0. The van der Waals surface area contributed by atoms with Crippen molar-refractivity contribution in [2.24, 2.45) is 0 Å². The van der Waals surface area contributed by atoms with E-state index in [9.17, 15) is 0 Å². The molecule has 0 atom stereocenters. The molecule has 0 spiro atoms. The first-order valence-corrected chi connectivity index (χ1v) is 0. The van der Waals surface area contributed by atoms with Gasteiger partial charge in [0.1, 0.15) is 0 Å². The van der Waals surface area contributed by atoms with E-state index in [1.807, 2.05) is 0 Å². The SMILES string of the molecule is O.O.O.O.O.O.O.O.O.[Mo].[Mo]. The molecular weight excluding hydrogens is 336 g/mol. The van der Waals surface area contributed by atoms with E-state index < -0.39 is 0 Å². The first-order valence-electron chi connectivity index (χ1n) is 0. The molecule has 0 rings (SSSR count). The van der Waals surface area contributed by atoms with Gasteiger partial charge in [0.25, 0.3) is 0 Å². The summed E-state index contributed by atoms with van der Waals surface area (Å²) in [5.74, 6) is 0. The molecule has 18 N–H and O–H groups in total. The minimum absolute atomic E-state index is 0. The van der Waals surface area contributed by atoms with Crippen molar-refractivity contribution >= 4 is 0 Å². The van der Waals surface area contributed by atoms with Crippen LogP contribution >= 0.6 is 0 Å². The Bertz CT molecular complexity index is 7.52. The van der Waals surface area contributed by atoms with Crippen molar-refractivity contribution in [3.8, 4) is 0 Å². The van der Waals surface area contributed by atoms with E-state index in [1.54, 1.807) is 0 Å². The van der Waals surface area contributed by atoms with Crippen molar-refractivity contribution in [1.29, 1.82) is 0 Å². The molecule has 9 nitrogen and oxygen atoms in total. The Kier molecular flexibility index (Phi) is 137000. The molecule has 0 heterocycles.